The number of hydrogen-bond donors (Lipinski definition) is 4. The molecule has 1 aromatic rings. The number of fused-ring (bicyclic) bond motifs is 1. The Hall–Kier alpha value is -2.24. The van der Waals surface area contributed by atoms with Crippen molar-refractivity contribution in [1.82, 2.24) is 16.0 Å². The summed E-state index contributed by atoms with van der Waals surface area (Å²) in [7, 11) is 0. The summed E-state index contributed by atoms with van der Waals surface area (Å²) in [6.45, 7) is 11.3. The monoisotopic (exact) mass is 575 g/mol. The lowest BCUT2D eigenvalue weighted by molar-refractivity contribution is -0.122. The molecule has 186 valence electrons. The third-order valence-electron chi connectivity index (χ3n) is 4.57. The zero-order valence-corrected chi connectivity index (χ0v) is 22.6. The summed E-state index contributed by atoms with van der Waals surface area (Å²) in [6, 6.07) is 5.67. The fraction of sp³-hybridized carbons (Fsp3) is 0.609. The molecule has 1 atom stereocenters. The second kappa shape index (κ2) is 14.1. The van der Waals surface area contributed by atoms with Gasteiger partial charge in [0.05, 0.1) is 13.2 Å². The molecular formula is C23H38IN5O4. The van der Waals surface area contributed by atoms with E-state index < -0.39 is 0 Å². The first kappa shape index (κ1) is 28.8. The highest BCUT2D eigenvalue weighted by Gasteiger charge is 2.15. The lowest BCUT2D eigenvalue weighted by Crippen LogP contribution is -2.42. The molecule has 4 N–H and O–H groups in total. The molecule has 0 spiro atoms. The maximum atomic E-state index is 12.2. The van der Waals surface area contributed by atoms with Gasteiger partial charge in [-0.1, -0.05) is 6.92 Å². The molecule has 1 unspecified atom stereocenters. The summed E-state index contributed by atoms with van der Waals surface area (Å²) in [6.07, 6.45) is 1.99. The number of hydrogen-bond acceptors (Lipinski definition) is 5. The van der Waals surface area contributed by atoms with Crippen LogP contribution in [0.1, 0.15) is 53.9 Å². The van der Waals surface area contributed by atoms with Crippen LogP contribution >= 0.6 is 24.0 Å². The molecule has 0 bridgehead atoms. The zero-order chi connectivity index (χ0) is 23.6. The molecule has 1 aliphatic heterocycles. The van der Waals surface area contributed by atoms with Crippen LogP contribution in [-0.4, -0.2) is 55.7 Å². The third kappa shape index (κ3) is 11.4. The molecule has 2 amide bonds. The predicted molar refractivity (Wildman–Crippen MR) is 142 cm³/mol. The highest BCUT2D eigenvalue weighted by atomic mass is 127. The van der Waals surface area contributed by atoms with Crippen LogP contribution in [0.25, 0.3) is 0 Å². The number of nitrogens with one attached hydrogen (secondary N) is 4. The maximum absolute atomic E-state index is 12.2. The first-order valence-corrected chi connectivity index (χ1v) is 11.2. The third-order valence-corrected chi connectivity index (χ3v) is 4.57. The lowest BCUT2D eigenvalue weighted by Gasteiger charge is -2.20. The highest BCUT2D eigenvalue weighted by molar-refractivity contribution is 14.0. The van der Waals surface area contributed by atoms with E-state index >= 15 is 0 Å². The second-order valence-corrected chi connectivity index (χ2v) is 8.85. The van der Waals surface area contributed by atoms with E-state index in [1.165, 1.54) is 0 Å². The van der Waals surface area contributed by atoms with E-state index in [9.17, 15) is 9.59 Å². The number of benzene rings is 1. The first-order chi connectivity index (χ1) is 15.2. The van der Waals surface area contributed by atoms with E-state index in [1.54, 1.807) is 0 Å². The molecule has 0 aromatic heterocycles. The van der Waals surface area contributed by atoms with E-state index in [0.717, 1.165) is 18.5 Å². The Morgan fingerprint density at radius 2 is 1.82 bits per heavy atom. The van der Waals surface area contributed by atoms with Gasteiger partial charge in [0.15, 0.2) is 17.5 Å². The van der Waals surface area contributed by atoms with Gasteiger partial charge in [-0.2, -0.15) is 0 Å². The summed E-state index contributed by atoms with van der Waals surface area (Å²) in [5.74, 6) is 1.54. The molecule has 1 heterocycles. The van der Waals surface area contributed by atoms with E-state index in [1.807, 2.05) is 52.8 Å². The molecule has 10 heteroatoms. The van der Waals surface area contributed by atoms with Crippen molar-refractivity contribution in [2.24, 2.45) is 4.99 Å². The van der Waals surface area contributed by atoms with Gasteiger partial charge in [-0.3, -0.25) is 9.59 Å². The molecule has 2 rings (SSSR count). The number of anilines is 1. The summed E-state index contributed by atoms with van der Waals surface area (Å²) < 4.78 is 11.4. The standard InChI is InChI=1S/C23H37N5O4.HI/c1-6-16(2)26-20(29)10-11-24-22(25-15-21(30)28-23(3,4)5)27-17-8-9-18-19(14-17)32-13-7-12-31-18;/h8-9,14,16H,6-7,10-13,15H2,1-5H3,(H,26,29)(H,28,30)(H2,24,25,27);1H. The Kier molecular flexibility index (Phi) is 12.3. The molecule has 33 heavy (non-hydrogen) atoms. The van der Waals surface area contributed by atoms with E-state index in [4.69, 9.17) is 9.47 Å². The van der Waals surface area contributed by atoms with Crippen molar-refractivity contribution in [1.29, 1.82) is 0 Å². The molecule has 0 saturated heterocycles. The van der Waals surface area contributed by atoms with Crippen LogP contribution in [0.4, 0.5) is 5.69 Å². The molecule has 0 aliphatic carbocycles. The number of amides is 2. The largest absolute Gasteiger partial charge is 0.490 e. The normalized spacial score (nSPS) is 14.3. The van der Waals surface area contributed by atoms with Crippen molar-refractivity contribution in [3.05, 3.63) is 18.2 Å². The number of carbonyl (C=O) groups is 2. The predicted octanol–water partition coefficient (Wildman–Crippen LogP) is 3.04. The number of halogens is 1. The highest BCUT2D eigenvalue weighted by Crippen LogP contribution is 2.32. The number of carbonyl (C=O) groups excluding carboxylic acids is 2. The van der Waals surface area contributed by atoms with Crippen LogP contribution < -0.4 is 30.7 Å². The van der Waals surface area contributed by atoms with E-state index in [2.05, 4.69) is 26.3 Å². The van der Waals surface area contributed by atoms with Gasteiger partial charge in [0, 0.05) is 42.7 Å². The molecule has 0 fully saturated rings. The van der Waals surface area contributed by atoms with Gasteiger partial charge in [0.25, 0.3) is 0 Å². The van der Waals surface area contributed by atoms with Crippen LogP contribution in [0.5, 0.6) is 11.5 Å². The smallest absolute Gasteiger partial charge is 0.242 e. The molecule has 0 radical (unpaired) electrons. The number of aliphatic imine (C=N–C) groups is 1. The van der Waals surface area contributed by atoms with Crippen molar-refractivity contribution in [2.45, 2.75) is 65.5 Å². The van der Waals surface area contributed by atoms with Gasteiger partial charge in [-0.15, -0.1) is 24.0 Å². The van der Waals surface area contributed by atoms with Crippen molar-refractivity contribution in [2.75, 3.05) is 31.6 Å². The van der Waals surface area contributed by atoms with Gasteiger partial charge in [0.1, 0.15) is 6.54 Å². The SMILES string of the molecule is CCC(C)NC(=O)CCNC(=NCC(=O)NC(C)(C)C)Nc1ccc2c(c1)OCCCO2.I. The summed E-state index contributed by atoms with van der Waals surface area (Å²) in [5, 5.41) is 12.1. The van der Waals surface area contributed by atoms with Crippen LogP contribution in [0.15, 0.2) is 23.2 Å². The van der Waals surface area contributed by atoms with Crippen molar-refractivity contribution >= 4 is 47.4 Å². The molecule has 1 aliphatic rings. The van der Waals surface area contributed by atoms with Crippen molar-refractivity contribution < 1.29 is 19.1 Å². The average molecular weight is 575 g/mol. The van der Waals surface area contributed by atoms with Crippen LogP contribution in [-0.2, 0) is 9.59 Å². The Bertz CT molecular complexity index is 811. The van der Waals surface area contributed by atoms with Crippen molar-refractivity contribution in [3.63, 3.8) is 0 Å². The fourth-order valence-electron chi connectivity index (χ4n) is 2.87. The molecular weight excluding hydrogens is 537 g/mol. The Morgan fingerprint density at radius 3 is 2.48 bits per heavy atom. The quantitative estimate of drug-likeness (QED) is 0.216. The Balaban J connectivity index is 0.00000544. The first-order valence-electron chi connectivity index (χ1n) is 11.2. The van der Waals surface area contributed by atoms with Crippen LogP contribution in [0.2, 0.25) is 0 Å². The Labute approximate surface area is 213 Å². The molecule has 0 saturated carbocycles. The van der Waals surface area contributed by atoms with E-state index in [0.29, 0.717) is 43.6 Å². The van der Waals surface area contributed by atoms with E-state index in [-0.39, 0.29) is 53.9 Å². The van der Waals surface area contributed by atoms with Gasteiger partial charge < -0.3 is 30.7 Å². The van der Waals surface area contributed by atoms with Gasteiger partial charge in [0.2, 0.25) is 11.8 Å². The van der Waals surface area contributed by atoms with Gasteiger partial charge in [-0.05, 0) is 46.2 Å². The van der Waals surface area contributed by atoms with Crippen LogP contribution in [0, 0.1) is 0 Å². The summed E-state index contributed by atoms with van der Waals surface area (Å²) >= 11 is 0. The minimum Gasteiger partial charge on any atom is -0.490 e. The summed E-state index contributed by atoms with van der Waals surface area (Å²) in [4.78, 5) is 28.7. The number of nitrogens with zero attached hydrogens (tertiary/aromatic N) is 1. The van der Waals surface area contributed by atoms with Crippen molar-refractivity contribution in [3.8, 4) is 11.5 Å². The number of guanidine groups is 1. The number of rotatable bonds is 8. The lowest BCUT2D eigenvalue weighted by atomic mass is 10.1. The molecule has 1 aromatic carbocycles. The average Bonchev–Trinajstić information content (AvgIpc) is 2.95. The minimum absolute atomic E-state index is 0. The number of ether oxygens (including phenoxy) is 2. The minimum atomic E-state index is -0.337. The Morgan fingerprint density at radius 1 is 1.12 bits per heavy atom. The maximum Gasteiger partial charge on any atom is 0.242 e. The topological polar surface area (TPSA) is 113 Å². The van der Waals surface area contributed by atoms with Gasteiger partial charge in [-0.25, -0.2) is 4.99 Å². The summed E-state index contributed by atoms with van der Waals surface area (Å²) in [5.41, 5.74) is 0.400. The second-order valence-electron chi connectivity index (χ2n) is 8.85. The van der Waals surface area contributed by atoms with Crippen LogP contribution in [0.3, 0.4) is 0 Å². The zero-order valence-electron chi connectivity index (χ0n) is 20.2. The van der Waals surface area contributed by atoms with Gasteiger partial charge >= 0.3 is 0 Å². The molecule has 9 nitrogen and oxygen atoms in total. The fourth-order valence-corrected chi connectivity index (χ4v) is 2.87.